The average Bonchev–Trinajstić information content (AvgIpc) is 2.94. The largest absolute Gasteiger partial charge is 0.492 e. The van der Waals surface area contributed by atoms with E-state index in [1.165, 1.54) is 13.2 Å². The van der Waals surface area contributed by atoms with E-state index in [0.717, 1.165) is 11.3 Å². The molecule has 0 aliphatic carbocycles. The minimum absolute atomic E-state index is 0.0915. The molecule has 0 amide bonds. The van der Waals surface area contributed by atoms with Crippen LogP contribution >= 0.6 is 11.3 Å². The van der Waals surface area contributed by atoms with E-state index in [1.54, 1.807) is 12.3 Å². The molecule has 0 aliphatic rings. The molecule has 9 heteroatoms. The van der Waals surface area contributed by atoms with E-state index < -0.39 is 10.0 Å². The predicted octanol–water partition coefficient (Wildman–Crippen LogP) is 2.67. The van der Waals surface area contributed by atoms with Crippen LogP contribution in [0.25, 0.3) is 0 Å². The van der Waals surface area contributed by atoms with Crippen molar-refractivity contribution in [1.82, 2.24) is 5.16 Å². The van der Waals surface area contributed by atoms with E-state index in [2.05, 4.69) is 15.2 Å². The number of sulfonamides is 1. The first-order chi connectivity index (χ1) is 9.83. The zero-order chi connectivity index (χ0) is 15.6. The molecule has 2 heterocycles. The second-order valence-corrected chi connectivity index (χ2v) is 7.45. The van der Waals surface area contributed by atoms with Crippen molar-refractivity contribution in [3.05, 3.63) is 17.2 Å². The molecule has 21 heavy (non-hydrogen) atoms. The lowest BCUT2D eigenvalue weighted by atomic mass is 10.3. The molecule has 7 nitrogen and oxygen atoms in total. The summed E-state index contributed by atoms with van der Waals surface area (Å²) in [5, 5.41) is 8.47. The maximum Gasteiger partial charge on any atom is 0.276 e. The summed E-state index contributed by atoms with van der Waals surface area (Å²) >= 11 is 1.08. The Kier molecular flexibility index (Phi) is 4.43. The van der Waals surface area contributed by atoms with Crippen molar-refractivity contribution in [2.24, 2.45) is 0 Å². The third kappa shape index (κ3) is 3.48. The van der Waals surface area contributed by atoms with Crippen LogP contribution in [0.4, 0.5) is 11.5 Å². The zero-order valence-electron chi connectivity index (χ0n) is 12.1. The molecule has 0 fully saturated rings. The fourth-order valence-corrected chi connectivity index (χ4v) is 4.10. The third-order valence-corrected chi connectivity index (χ3v) is 5.32. The Hall–Kier alpha value is -1.74. The van der Waals surface area contributed by atoms with Gasteiger partial charge >= 0.3 is 0 Å². The SMILES string of the molecule is COc1c(NC(C)C)csc1S(=O)(=O)Nc1cc(C)on1. The van der Waals surface area contributed by atoms with Crippen molar-refractivity contribution >= 4 is 32.9 Å². The van der Waals surface area contributed by atoms with E-state index in [0.29, 0.717) is 17.2 Å². The lowest BCUT2D eigenvalue weighted by Crippen LogP contribution is -2.14. The van der Waals surface area contributed by atoms with Crippen LogP contribution < -0.4 is 14.8 Å². The number of rotatable bonds is 6. The van der Waals surface area contributed by atoms with Gasteiger partial charge in [0.1, 0.15) is 5.76 Å². The van der Waals surface area contributed by atoms with E-state index in [1.807, 2.05) is 13.8 Å². The first-order valence-electron chi connectivity index (χ1n) is 6.21. The van der Waals surface area contributed by atoms with Gasteiger partial charge in [0.2, 0.25) is 0 Å². The first kappa shape index (κ1) is 15.6. The van der Waals surface area contributed by atoms with E-state index >= 15 is 0 Å². The number of anilines is 2. The number of aryl methyl sites for hydroxylation is 1. The number of methoxy groups -OCH3 is 1. The first-order valence-corrected chi connectivity index (χ1v) is 8.58. The van der Waals surface area contributed by atoms with Crippen LogP contribution in [0.3, 0.4) is 0 Å². The Morgan fingerprint density at radius 2 is 2.14 bits per heavy atom. The predicted molar refractivity (Wildman–Crippen MR) is 81.7 cm³/mol. The molecule has 0 radical (unpaired) electrons. The Morgan fingerprint density at radius 1 is 1.43 bits per heavy atom. The minimum Gasteiger partial charge on any atom is -0.492 e. The van der Waals surface area contributed by atoms with Crippen molar-refractivity contribution in [1.29, 1.82) is 0 Å². The van der Waals surface area contributed by atoms with Crippen molar-refractivity contribution in [3.63, 3.8) is 0 Å². The Morgan fingerprint density at radius 3 is 2.67 bits per heavy atom. The van der Waals surface area contributed by atoms with Crippen molar-refractivity contribution in [3.8, 4) is 5.75 Å². The highest BCUT2D eigenvalue weighted by molar-refractivity contribution is 7.94. The standard InChI is InChI=1S/C12H17N3O4S2/c1-7(2)13-9-6-20-12(11(9)18-4)21(16,17)15-10-5-8(3)19-14-10/h5-7,13H,1-4H3,(H,14,15). The summed E-state index contributed by atoms with van der Waals surface area (Å²) in [6, 6.07) is 1.67. The molecule has 0 unspecified atom stereocenters. The van der Waals surface area contributed by atoms with E-state index in [9.17, 15) is 8.42 Å². The van der Waals surface area contributed by atoms with E-state index in [4.69, 9.17) is 9.26 Å². The fourth-order valence-electron chi connectivity index (χ4n) is 1.72. The summed E-state index contributed by atoms with van der Waals surface area (Å²) < 4.78 is 37.3. The van der Waals surface area contributed by atoms with Crippen molar-refractivity contribution < 1.29 is 17.7 Å². The highest BCUT2D eigenvalue weighted by Crippen LogP contribution is 2.39. The second kappa shape index (κ2) is 5.94. The van der Waals surface area contributed by atoms with Gasteiger partial charge in [0.05, 0.1) is 12.8 Å². The van der Waals surface area contributed by atoms with Crippen LogP contribution in [-0.2, 0) is 10.0 Å². The summed E-state index contributed by atoms with van der Waals surface area (Å²) in [7, 11) is -2.34. The van der Waals surface area contributed by atoms with E-state index in [-0.39, 0.29) is 16.1 Å². The molecule has 2 aromatic heterocycles. The van der Waals surface area contributed by atoms with Gasteiger partial charge < -0.3 is 14.6 Å². The quantitative estimate of drug-likeness (QED) is 0.845. The number of nitrogens with one attached hydrogen (secondary N) is 2. The van der Waals surface area contributed by atoms with Crippen LogP contribution in [-0.4, -0.2) is 26.7 Å². The lowest BCUT2D eigenvalue weighted by Gasteiger charge is -2.11. The molecule has 116 valence electrons. The molecule has 0 spiro atoms. The van der Waals surface area contributed by atoms with Gasteiger partial charge in [0.25, 0.3) is 10.0 Å². The number of ether oxygens (including phenoxy) is 1. The van der Waals surface area contributed by atoms with Gasteiger partial charge in [-0.1, -0.05) is 5.16 Å². The van der Waals surface area contributed by atoms with Crippen molar-refractivity contribution in [2.45, 2.75) is 31.0 Å². The molecule has 0 saturated heterocycles. The maximum absolute atomic E-state index is 12.4. The lowest BCUT2D eigenvalue weighted by molar-refractivity contribution is 0.400. The molecule has 2 N–H and O–H groups in total. The van der Waals surface area contributed by atoms with Gasteiger partial charge in [-0.15, -0.1) is 11.3 Å². The van der Waals surface area contributed by atoms with Crippen LogP contribution in [0.15, 0.2) is 20.2 Å². The summed E-state index contributed by atoms with van der Waals surface area (Å²) in [6.45, 7) is 5.60. The van der Waals surface area contributed by atoms with Crippen LogP contribution in [0.2, 0.25) is 0 Å². The number of hydrogen-bond acceptors (Lipinski definition) is 7. The molecule has 0 atom stereocenters. The second-order valence-electron chi connectivity index (χ2n) is 4.70. The number of thiophene rings is 1. The Labute approximate surface area is 127 Å². The Balaban J connectivity index is 2.33. The van der Waals surface area contributed by atoms with Gasteiger partial charge in [0.15, 0.2) is 15.8 Å². The molecule has 0 aromatic carbocycles. The molecule has 2 rings (SSSR count). The average molecular weight is 331 g/mol. The molecule has 2 aromatic rings. The molecule has 0 aliphatic heterocycles. The van der Waals surface area contributed by atoms with Gasteiger partial charge in [-0.25, -0.2) is 8.42 Å². The summed E-state index contributed by atoms with van der Waals surface area (Å²) in [5.74, 6) is 0.954. The molecular weight excluding hydrogens is 314 g/mol. The van der Waals surface area contributed by atoms with Gasteiger partial charge in [-0.2, -0.15) is 0 Å². The topological polar surface area (TPSA) is 93.5 Å². The third-order valence-electron chi connectivity index (χ3n) is 2.47. The number of aromatic nitrogens is 1. The summed E-state index contributed by atoms with van der Waals surface area (Å²) in [4.78, 5) is 0. The summed E-state index contributed by atoms with van der Waals surface area (Å²) in [6.07, 6.45) is 0. The van der Waals surface area contributed by atoms with Crippen molar-refractivity contribution in [2.75, 3.05) is 17.1 Å². The van der Waals surface area contributed by atoms with Crippen LogP contribution in [0.1, 0.15) is 19.6 Å². The van der Waals surface area contributed by atoms with Gasteiger partial charge in [-0.05, 0) is 20.8 Å². The smallest absolute Gasteiger partial charge is 0.276 e. The van der Waals surface area contributed by atoms with Crippen LogP contribution in [0, 0.1) is 6.92 Å². The minimum atomic E-state index is -3.78. The summed E-state index contributed by atoms with van der Waals surface area (Å²) in [5.41, 5.74) is 0.647. The monoisotopic (exact) mass is 331 g/mol. The molecular formula is C12H17N3O4S2. The number of hydrogen-bond donors (Lipinski definition) is 2. The Bertz CT molecular complexity index is 719. The van der Waals surface area contributed by atoms with Gasteiger partial charge in [-0.3, -0.25) is 4.72 Å². The maximum atomic E-state index is 12.4. The molecule has 0 bridgehead atoms. The highest BCUT2D eigenvalue weighted by atomic mass is 32.2. The fraction of sp³-hybridized carbons (Fsp3) is 0.417. The highest BCUT2D eigenvalue weighted by Gasteiger charge is 2.26. The number of nitrogens with zero attached hydrogens (tertiary/aromatic N) is 1. The normalized spacial score (nSPS) is 11.7. The van der Waals surface area contributed by atoms with Gasteiger partial charge in [0, 0.05) is 17.5 Å². The van der Waals surface area contributed by atoms with Crippen LogP contribution in [0.5, 0.6) is 5.75 Å². The molecule has 0 saturated carbocycles. The zero-order valence-corrected chi connectivity index (χ0v) is 13.8.